The molecule has 94 valence electrons. The number of aromatic nitrogens is 2. The van der Waals surface area contributed by atoms with Crippen LogP contribution in [-0.2, 0) is 0 Å². The summed E-state index contributed by atoms with van der Waals surface area (Å²) >= 11 is 0. The van der Waals surface area contributed by atoms with E-state index in [9.17, 15) is 4.79 Å². The molecule has 1 fully saturated rings. The molecule has 0 aliphatic heterocycles. The number of imidazole rings is 1. The van der Waals surface area contributed by atoms with Crippen LogP contribution in [0.25, 0.3) is 5.69 Å². The molecule has 4 N–H and O–H groups in total. The minimum Gasteiger partial charge on any atom is -0.382 e. The molecule has 1 aromatic heterocycles. The van der Waals surface area contributed by atoms with E-state index in [0.717, 1.165) is 24.2 Å². The molecule has 1 aliphatic rings. The quantitative estimate of drug-likeness (QED) is 0.756. The second-order valence-corrected chi connectivity index (χ2v) is 4.75. The molecule has 0 spiro atoms. The number of benzene rings is 1. The second kappa shape index (κ2) is 4.34. The number of hydrogen-bond donors (Lipinski definition) is 3. The average Bonchev–Trinajstić information content (AvgIpc) is 2.75. The van der Waals surface area contributed by atoms with Gasteiger partial charge in [-0.15, -0.1) is 0 Å². The maximum Gasteiger partial charge on any atom is 0.330 e. The first-order valence-electron chi connectivity index (χ1n) is 6.11. The van der Waals surface area contributed by atoms with E-state index in [1.807, 2.05) is 24.3 Å². The summed E-state index contributed by atoms with van der Waals surface area (Å²) in [7, 11) is 0. The standard InChI is InChI=1S/C13H16N4O/c14-9-7-11(8-9)16-10-1-3-12(4-2-10)17-6-5-15-13(17)18/h1-6,9,11,16H,7-8,14H2,(H,15,18). The van der Waals surface area contributed by atoms with Crippen molar-refractivity contribution in [1.29, 1.82) is 0 Å². The predicted octanol–water partition coefficient (Wildman–Crippen LogP) is 1.07. The Morgan fingerprint density at radius 1 is 1.28 bits per heavy atom. The maximum absolute atomic E-state index is 11.5. The predicted molar refractivity (Wildman–Crippen MR) is 71.0 cm³/mol. The van der Waals surface area contributed by atoms with Crippen LogP contribution < -0.4 is 16.7 Å². The van der Waals surface area contributed by atoms with Gasteiger partial charge in [0.2, 0.25) is 0 Å². The van der Waals surface area contributed by atoms with Gasteiger partial charge in [0.15, 0.2) is 0 Å². The smallest absolute Gasteiger partial charge is 0.330 e. The van der Waals surface area contributed by atoms with Crippen LogP contribution in [0, 0.1) is 0 Å². The SMILES string of the molecule is NC1CC(Nc2ccc(-n3cc[nH]c3=O)cc2)C1. The summed E-state index contributed by atoms with van der Waals surface area (Å²) in [4.78, 5) is 14.1. The lowest BCUT2D eigenvalue weighted by atomic mass is 9.87. The van der Waals surface area contributed by atoms with E-state index in [1.54, 1.807) is 17.0 Å². The fraction of sp³-hybridized carbons (Fsp3) is 0.308. The Morgan fingerprint density at radius 2 is 2.00 bits per heavy atom. The zero-order valence-corrected chi connectivity index (χ0v) is 9.97. The molecule has 0 bridgehead atoms. The lowest BCUT2D eigenvalue weighted by molar-refractivity contribution is 0.373. The molecule has 1 heterocycles. The van der Waals surface area contributed by atoms with Crippen molar-refractivity contribution in [3.8, 4) is 5.69 Å². The van der Waals surface area contributed by atoms with E-state index < -0.39 is 0 Å². The summed E-state index contributed by atoms with van der Waals surface area (Å²) < 4.78 is 1.57. The van der Waals surface area contributed by atoms with E-state index >= 15 is 0 Å². The minimum absolute atomic E-state index is 0.124. The van der Waals surface area contributed by atoms with Crippen LogP contribution in [0.2, 0.25) is 0 Å². The van der Waals surface area contributed by atoms with Gasteiger partial charge in [-0.1, -0.05) is 0 Å². The normalized spacial score (nSPS) is 22.5. The van der Waals surface area contributed by atoms with E-state index in [1.165, 1.54) is 0 Å². The van der Waals surface area contributed by atoms with Gasteiger partial charge in [-0.25, -0.2) is 4.79 Å². The Balaban J connectivity index is 1.73. The van der Waals surface area contributed by atoms with Crippen LogP contribution in [-0.4, -0.2) is 21.6 Å². The van der Waals surface area contributed by atoms with Crippen LogP contribution in [0.3, 0.4) is 0 Å². The van der Waals surface area contributed by atoms with Gasteiger partial charge < -0.3 is 16.0 Å². The lowest BCUT2D eigenvalue weighted by Gasteiger charge is -2.33. The summed E-state index contributed by atoms with van der Waals surface area (Å²) in [6.45, 7) is 0. The van der Waals surface area contributed by atoms with Crippen molar-refractivity contribution in [2.45, 2.75) is 24.9 Å². The van der Waals surface area contributed by atoms with Crippen LogP contribution in [0.1, 0.15) is 12.8 Å². The van der Waals surface area contributed by atoms with E-state index in [0.29, 0.717) is 12.1 Å². The van der Waals surface area contributed by atoms with Crippen LogP contribution in [0.15, 0.2) is 41.5 Å². The van der Waals surface area contributed by atoms with E-state index in [4.69, 9.17) is 5.73 Å². The topological polar surface area (TPSA) is 75.8 Å². The summed E-state index contributed by atoms with van der Waals surface area (Å²) in [5.74, 6) is 0. The van der Waals surface area contributed by atoms with E-state index in [-0.39, 0.29) is 5.69 Å². The highest BCUT2D eigenvalue weighted by Gasteiger charge is 2.25. The van der Waals surface area contributed by atoms with Gasteiger partial charge in [0.1, 0.15) is 0 Å². The zero-order chi connectivity index (χ0) is 12.5. The molecule has 1 saturated carbocycles. The van der Waals surface area contributed by atoms with E-state index in [2.05, 4.69) is 10.3 Å². The molecule has 18 heavy (non-hydrogen) atoms. The Hall–Kier alpha value is -2.01. The third-order valence-electron chi connectivity index (χ3n) is 3.34. The number of H-pyrrole nitrogens is 1. The Morgan fingerprint density at radius 3 is 2.56 bits per heavy atom. The van der Waals surface area contributed by atoms with Gasteiger partial charge in [-0.3, -0.25) is 4.57 Å². The number of aromatic amines is 1. The summed E-state index contributed by atoms with van der Waals surface area (Å²) in [6, 6.07) is 8.66. The van der Waals surface area contributed by atoms with Gasteiger partial charge in [0.25, 0.3) is 0 Å². The molecular weight excluding hydrogens is 228 g/mol. The fourth-order valence-corrected chi connectivity index (χ4v) is 2.26. The lowest BCUT2D eigenvalue weighted by Crippen LogP contribution is -2.44. The molecule has 0 amide bonds. The number of nitrogens with two attached hydrogens (primary N) is 1. The Labute approximate surface area is 105 Å². The summed E-state index contributed by atoms with van der Waals surface area (Å²) in [5, 5.41) is 3.42. The van der Waals surface area contributed by atoms with Crippen molar-refractivity contribution in [1.82, 2.24) is 9.55 Å². The van der Waals surface area contributed by atoms with Gasteiger partial charge in [-0.05, 0) is 37.1 Å². The van der Waals surface area contributed by atoms with Gasteiger partial charge in [0, 0.05) is 30.2 Å². The molecule has 0 unspecified atom stereocenters. The van der Waals surface area contributed by atoms with Crippen molar-refractivity contribution in [3.63, 3.8) is 0 Å². The van der Waals surface area contributed by atoms with Crippen molar-refractivity contribution >= 4 is 5.69 Å². The summed E-state index contributed by atoms with van der Waals surface area (Å²) in [5.41, 5.74) is 7.55. The highest BCUT2D eigenvalue weighted by Crippen LogP contribution is 2.23. The molecule has 0 atom stereocenters. The number of nitrogens with one attached hydrogen (secondary N) is 2. The number of rotatable bonds is 3. The first-order valence-corrected chi connectivity index (χ1v) is 6.11. The van der Waals surface area contributed by atoms with Gasteiger partial charge >= 0.3 is 5.69 Å². The molecule has 0 radical (unpaired) electrons. The third-order valence-corrected chi connectivity index (χ3v) is 3.34. The average molecular weight is 244 g/mol. The third kappa shape index (κ3) is 2.04. The number of nitrogens with zero attached hydrogens (tertiary/aromatic N) is 1. The van der Waals surface area contributed by atoms with Gasteiger partial charge in [-0.2, -0.15) is 0 Å². The zero-order valence-electron chi connectivity index (χ0n) is 9.97. The fourth-order valence-electron chi connectivity index (χ4n) is 2.26. The first kappa shape index (κ1) is 11.1. The highest BCUT2D eigenvalue weighted by molar-refractivity contribution is 5.49. The van der Waals surface area contributed by atoms with Crippen molar-refractivity contribution < 1.29 is 0 Å². The Bertz CT molecular complexity index is 578. The van der Waals surface area contributed by atoms with Crippen LogP contribution in [0.5, 0.6) is 0 Å². The largest absolute Gasteiger partial charge is 0.382 e. The molecule has 3 rings (SSSR count). The van der Waals surface area contributed by atoms with Crippen molar-refractivity contribution in [3.05, 3.63) is 47.1 Å². The first-order chi connectivity index (χ1) is 8.72. The molecule has 1 aromatic carbocycles. The monoisotopic (exact) mass is 244 g/mol. The second-order valence-electron chi connectivity index (χ2n) is 4.75. The van der Waals surface area contributed by atoms with Gasteiger partial charge in [0.05, 0.1) is 5.69 Å². The minimum atomic E-state index is -0.124. The Kier molecular flexibility index (Phi) is 2.68. The highest BCUT2D eigenvalue weighted by atomic mass is 16.1. The van der Waals surface area contributed by atoms with Crippen LogP contribution >= 0.6 is 0 Å². The van der Waals surface area contributed by atoms with Crippen molar-refractivity contribution in [2.24, 2.45) is 5.73 Å². The molecule has 2 aromatic rings. The number of hydrogen-bond acceptors (Lipinski definition) is 3. The molecule has 5 heteroatoms. The van der Waals surface area contributed by atoms with Crippen molar-refractivity contribution in [2.75, 3.05) is 5.32 Å². The molecule has 0 saturated heterocycles. The number of anilines is 1. The molecule has 5 nitrogen and oxygen atoms in total. The molecule has 1 aliphatic carbocycles. The summed E-state index contributed by atoms with van der Waals surface area (Å²) in [6.07, 6.45) is 5.40. The van der Waals surface area contributed by atoms with Crippen LogP contribution in [0.4, 0.5) is 5.69 Å². The maximum atomic E-state index is 11.5. The molecular formula is C13H16N4O.